The molecule has 33 heavy (non-hydrogen) atoms. The van der Waals surface area contributed by atoms with E-state index in [2.05, 4.69) is 15.6 Å². The molecule has 5 aromatic rings. The van der Waals surface area contributed by atoms with Crippen molar-refractivity contribution in [1.29, 1.82) is 0 Å². The topological polar surface area (TPSA) is 110 Å². The number of aromatic carboxylic acids is 1. The highest BCUT2D eigenvalue weighted by molar-refractivity contribution is 6.30. The van der Waals surface area contributed by atoms with E-state index in [-0.39, 0.29) is 18.0 Å². The number of fused-ring (bicyclic) bond motifs is 3. The van der Waals surface area contributed by atoms with Gasteiger partial charge in [0.2, 0.25) is 0 Å². The van der Waals surface area contributed by atoms with Crippen molar-refractivity contribution in [3.63, 3.8) is 0 Å². The van der Waals surface area contributed by atoms with E-state index in [9.17, 15) is 9.59 Å². The molecule has 8 nitrogen and oxygen atoms in total. The number of carbonyl (C=O) groups is 2. The third-order valence-corrected chi connectivity index (χ3v) is 5.63. The molecule has 0 aliphatic rings. The van der Waals surface area contributed by atoms with Gasteiger partial charge in [-0.15, -0.1) is 0 Å². The summed E-state index contributed by atoms with van der Waals surface area (Å²) in [4.78, 5) is 24.2. The van der Waals surface area contributed by atoms with Crippen molar-refractivity contribution >= 4 is 45.3 Å². The van der Waals surface area contributed by atoms with Gasteiger partial charge in [-0.2, -0.15) is 5.10 Å². The molecular formula is C24H17ClN4O4. The lowest BCUT2D eigenvalue weighted by atomic mass is 10.1. The van der Waals surface area contributed by atoms with E-state index in [4.69, 9.17) is 21.2 Å². The first-order valence-electron chi connectivity index (χ1n) is 10.1. The standard InChI is InChI=1S/C24H17ClN4O4/c25-18-7-3-15(4-8-18)13-29-21-19(9-17-11-28-33-22(17)20(21)12-27-29)23(30)26-10-14-1-5-16(6-2-14)24(31)32/h1-9,11-12H,10,13H2,(H,26,30)(H,31,32). The number of hydrogen-bond acceptors (Lipinski definition) is 5. The van der Waals surface area contributed by atoms with Crippen LogP contribution in [0.25, 0.3) is 21.9 Å². The lowest BCUT2D eigenvalue weighted by Crippen LogP contribution is -2.23. The molecule has 2 N–H and O–H groups in total. The summed E-state index contributed by atoms with van der Waals surface area (Å²) in [5.41, 5.74) is 3.59. The number of carboxylic acids is 1. The van der Waals surface area contributed by atoms with Crippen LogP contribution >= 0.6 is 11.6 Å². The van der Waals surface area contributed by atoms with Crippen LogP contribution in [0.4, 0.5) is 0 Å². The molecule has 9 heteroatoms. The van der Waals surface area contributed by atoms with Crippen molar-refractivity contribution < 1.29 is 19.2 Å². The van der Waals surface area contributed by atoms with Crippen molar-refractivity contribution in [1.82, 2.24) is 20.3 Å². The number of halogens is 1. The summed E-state index contributed by atoms with van der Waals surface area (Å²) in [6.07, 6.45) is 3.23. The normalized spacial score (nSPS) is 11.2. The monoisotopic (exact) mass is 460 g/mol. The van der Waals surface area contributed by atoms with Crippen LogP contribution in [0, 0.1) is 0 Å². The number of hydrogen-bond donors (Lipinski definition) is 2. The SMILES string of the molecule is O=C(O)c1ccc(CNC(=O)c2cc3cnoc3c3cnn(Cc4ccc(Cl)cc4)c23)cc1. The molecule has 0 unspecified atom stereocenters. The summed E-state index contributed by atoms with van der Waals surface area (Å²) in [6.45, 7) is 0.685. The van der Waals surface area contributed by atoms with E-state index in [1.807, 2.05) is 12.1 Å². The Morgan fingerprint density at radius 3 is 2.48 bits per heavy atom. The lowest BCUT2D eigenvalue weighted by Gasteiger charge is -2.10. The van der Waals surface area contributed by atoms with Gasteiger partial charge in [-0.3, -0.25) is 9.48 Å². The predicted octanol–water partition coefficient (Wildman–Crippen LogP) is 4.51. The zero-order valence-electron chi connectivity index (χ0n) is 17.2. The van der Waals surface area contributed by atoms with Crippen molar-refractivity contribution in [2.24, 2.45) is 0 Å². The highest BCUT2D eigenvalue weighted by atomic mass is 35.5. The molecule has 0 spiro atoms. The van der Waals surface area contributed by atoms with Crippen molar-refractivity contribution in [2.75, 3.05) is 0 Å². The van der Waals surface area contributed by atoms with Crippen molar-refractivity contribution in [2.45, 2.75) is 13.1 Å². The maximum atomic E-state index is 13.2. The van der Waals surface area contributed by atoms with E-state index in [0.717, 1.165) is 11.1 Å². The van der Waals surface area contributed by atoms with Gasteiger partial charge in [0.25, 0.3) is 5.91 Å². The van der Waals surface area contributed by atoms with Crippen LogP contribution in [0.15, 0.2) is 71.5 Å². The summed E-state index contributed by atoms with van der Waals surface area (Å²) in [5.74, 6) is -1.28. The number of benzene rings is 3. The van der Waals surface area contributed by atoms with Crippen LogP contribution in [0.2, 0.25) is 5.02 Å². The summed E-state index contributed by atoms with van der Waals surface area (Å²) >= 11 is 5.99. The quantitative estimate of drug-likeness (QED) is 0.386. The first-order valence-corrected chi connectivity index (χ1v) is 10.4. The fraction of sp³-hybridized carbons (Fsp3) is 0.0833. The maximum Gasteiger partial charge on any atom is 0.335 e. The first kappa shape index (κ1) is 20.7. The van der Waals surface area contributed by atoms with E-state index in [0.29, 0.717) is 39.0 Å². The molecule has 1 amide bonds. The molecule has 2 heterocycles. The molecule has 0 bridgehead atoms. The highest BCUT2D eigenvalue weighted by Crippen LogP contribution is 2.29. The third kappa shape index (κ3) is 4.04. The van der Waals surface area contributed by atoms with Crippen LogP contribution in [0.1, 0.15) is 31.8 Å². The summed E-state index contributed by atoms with van der Waals surface area (Å²) in [7, 11) is 0. The van der Waals surface area contributed by atoms with Crippen molar-refractivity contribution in [3.05, 3.63) is 94.3 Å². The number of amides is 1. The molecule has 3 aromatic carbocycles. The molecule has 0 radical (unpaired) electrons. The molecule has 0 aliphatic carbocycles. The molecule has 0 saturated heterocycles. The number of nitrogens with one attached hydrogen (secondary N) is 1. The maximum absolute atomic E-state index is 13.2. The van der Waals surface area contributed by atoms with Gasteiger partial charge in [-0.25, -0.2) is 4.79 Å². The van der Waals surface area contributed by atoms with Crippen LogP contribution in [-0.4, -0.2) is 31.9 Å². The second kappa shape index (κ2) is 8.40. The summed E-state index contributed by atoms with van der Waals surface area (Å²) < 4.78 is 7.15. The first-order chi connectivity index (χ1) is 16.0. The molecule has 0 aliphatic heterocycles. The van der Waals surface area contributed by atoms with Gasteiger partial charge in [-0.05, 0) is 41.5 Å². The Labute approximate surface area is 192 Å². The molecule has 0 atom stereocenters. The molecular weight excluding hydrogens is 444 g/mol. The van der Waals surface area contributed by atoms with Crippen LogP contribution in [0.3, 0.4) is 0 Å². The molecule has 5 rings (SSSR count). The number of carboxylic acid groups (broad SMARTS) is 1. The van der Waals surface area contributed by atoms with E-state index < -0.39 is 5.97 Å². The van der Waals surface area contributed by atoms with E-state index in [1.165, 1.54) is 12.1 Å². The minimum atomic E-state index is -0.996. The zero-order valence-corrected chi connectivity index (χ0v) is 17.9. The summed E-state index contributed by atoms with van der Waals surface area (Å²) in [6, 6.07) is 15.5. The number of rotatable bonds is 6. The number of aromatic nitrogens is 3. The Hall–Kier alpha value is -4.17. The Morgan fingerprint density at radius 2 is 1.76 bits per heavy atom. The van der Waals surface area contributed by atoms with Gasteiger partial charge < -0.3 is 14.9 Å². The second-order valence-electron chi connectivity index (χ2n) is 7.54. The van der Waals surface area contributed by atoms with Gasteiger partial charge in [0.15, 0.2) is 5.58 Å². The molecule has 0 fully saturated rings. The summed E-state index contributed by atoms with van der Waals surface area (Å²) in [5, 5.41) is 22.3. The number of nitrogens with zero attached hydrogens (tertiary/aromatic N) is 3. The fourth-order valence-electron chi connectivity index (χ4n) is 3.71. The minimum Gasteiger partial charge on any atom is -0.478 e. The predicted molar refractivity (Wildman–Crippen MR) is 122 cm³/mol. The second-order valence-corrected chi connectivity index (χ2v) is 7.98. The molecule has 0 saturated carbocycles. The van der Waals surface area contributed by atoms with E-state index in [1.54, 1.807) is 47.4 Å². The average Bonchev–Trinajstić information content (AvgIpc) is 3.45. The van der Waals surface area contributed by atoms with Gasteiger partial charge in [-0.1, -0.05) is 41.0 Å². The van der Waals surface area contributed by atoms with Gasteiger partial charge in [0, 0.05) is 17.0 Å². The average molecular weight is 461 g/mol. The Bertz CT molecular complexity index is 1490. The van der Waals surface area contributed by atoms with Crippen LogP contribution in [-0.2, 0) is 13.1 Å². The minimum absolute atomic E-state index is 0.191. The Kier molecular flexibility index (Phi) is 5.27. The van der Waals surface area contributed by atoms with Gasteiger partial charge >= 0.3 is 5.97 Å². The van der Waals surface area contributed by atoms with Gasteiger partial charge in [0.05, 0.1) is 41.0 Å². The van der Waals surface area contributed by atoms with Crippen LogP contribution < -0.4 is 5.32 Å². The zero-order chi connectivity index (χ0) is 22.9. The van der Waals surface area contributed by atoms with E-state index >= 15 is 0 Å². The molecule has 164 valence electrons. The van der Waals surface area contributed by atoms with Gasteiger partial charge in [0.1, 0.15) is 0 Å². The van der Waals surface area contributed by atoms with Crippen molar-refractivity contribution in [3.8, 4) is 0 Å². The Morgan fingerprint density at radius 1 is 1.03 bits per heavy atom. The fourth-order valence-corrected chi connectivity index (χ4v) is 3.84. The highest BCUT2D eigenvalue weighted by Gasteiger charge is 2.20. The van der Waals surface area contributed by atoms with Crippen LogP contribution in [0.5, 0.6) is 0 Å². The third-order valence-electron chi connectivity index (χ3n) is 5.38. The number of carbonyl (C=O) groups excluding carboxylic acids is 1. The largest absolute Gasteiger partial charge is 0.478 e. The molecule has 2 aromatic heterocycles. The lowest BCUT2D eigenvalue weighted by molar-refractivity contribution is 0.0696. The Balaban J connectivity index is 1.48. The smallest absolute Gasteiger partial charge is 0.335 e.